The molecule has 126 valence electrons. The van der Waals surface area contributed by atoms with E-state index in [0.717, 1.165) is 18.4 Å². The molecule has 6 nitrogen and oxygen atoms in total. The maximum Gasteiger partial charge on any atom is 0.274 e. The molecule has 3 aromatic rings. The maximum absolute atomic E-state index is 12.9. The van der Waals surface area contributed by atoms with Gasteiger partial charge in [-0.15, -0.1) is 10.2 Å². The molecule has 4 rings (SSSR count). The zero-order valence-corrected chi connectivity index (χ0v) is 14.0. The normalized spacial score (nSPS) is 13.6. The lowest BCUT2D eigenvalue weighted by Crippen LogP contribution is -2.33. The number of nitrogens with zero attached hydrogens (tertiary/aromatic N) is 5. The first kappa shape index (κ1) is 15.5. The van der Waals surface area contributed by atoms with E-state index >= 15 is 0 Å². The number of aryl methyl sites for hydroxylation is 1. The van der Waals surface area contributed by atoms with Crippen molar-refractivity contribution in [3.63, 3.8) is 0 Å². The minimum absolute atomic E-state index is 0.0614. The molecule has 0 aliphatic heterocycles. The number of benzene rings is 1. The first-order chi connectivity index (χ1) is 12.2. The van der Waals surface area contributed by atoms with Crippen molar-refractivity contribution < 1.29 is 4.79 Å². The van der Waals surface area contributed by atoms with Gasteiger partial charge < -0.3 is 4.90 Å². The van der Waals surface area contributed by atoms with E-state index in [1.807, 2.05) is 11.0 Å². The van der Waals surface area contributed by atoms with Gasteiger partial charge in [0.2, 0.25) is 0 Å². The van der Waals surface area contributed by atoms with Crippen molar-refractivity contribution >= 4 is 5.91 Å². The van der Waals surface area contributed by atoms with Gasteiger partial charge in [0.05, 0.1) is 0 Å². The second-order valence-corrected chi connectivity index (χ2v) is 6.40. The van der Waals surface area contributed by atoms with Crippen LogP contribution in [0.1, 0.15) is 34.5 Å². The van der Waals surface area contributed by atoms with E-state index in [0.29, 0.717) is 24.1 Å². The summed E-state index contributed by atoms with van der Waals surface area (Å²) in [5.74, 6) is 0.583. The number of carbonyl (C=O) groups excluding carboxylic acids is 1. The summed E-state index contributed by atoms with van der Waals surface area (Å²) < 4.78 is 1.76. The molecule has 1 aromatic carbocycles. The quantitative estimate of drug-likeness (QED) is 0.720. The Bertz CT molecular complexity index is 869. The van der Waals surface area contributed by atoms with Gasteiger partial charge in [0.15, 0.2) is 11.5 Å². The Labute approximate surface area is 146 Å². The lowest BCUT2D eigenvalue weighted by atomic mass is 10.1. The van der Waals surface area contributed by atoms with Crippen molar-refractivity contribution in [3.8, 4) is 5.82 Å². The molecule has 6 heteroatoms. The van der Waals surface area contributed by atoms with Crippen LogP contribution in [0.2, 0.25) is 0 Å². The third kappa shape index (κ3) is 3.42. The van der Waals surface area contributed by atoms with E-state index in [1.165, 1.54) is 5.56 Å². The van der Waals surface area contributed by atoms with E-state index < -0.39 is 0 Å². The summed E-state index contributed by atoms with van der Waals surface area (Å²) in [5.41, 5.74) is 2.72. The predicted molar refractivity (Wildman–Crippen MR) is 93.2 cm³/mol. The molecule has 0 spiro atoms. The summed E-state index contributed by atoms with van der Waals surface area (Å²) in [6.07, 6.45) is 7.23. The Hall–Kier alpha value is -3.02. The van der Waals surface area contributed by atoms with Crippen LogP contribution in [0.3, 0.4) is 0 Å². The van der Waals surface area contributed by atoms with Gasteiger partial charge in [-0.2, -0.15) is 0 Å². The molecule has 0 atom stereocenters. The second kappa shape index (κ2) is 6.47. The minimum Gasteiger partial charge on any atom is -0.330 e. The molecule has 2 heterocycles. The molecule has 0 unspecified atom stereocenters. The van der Waals surface area contributed by atoms with Gasteiger partial charge in [-0.05, 0) is 37.5 Å². The molecule has 1 aliphatic carbocycles. The summed E-state index contributed by atoms with van der Waals surface area (Å²) in [6.45, 7) is 2.67. The molecule has 0 N–H and O–H groups in total. The first-order valence-corrected chi connectivity index (χ1v) is 8.39. The second-order valence-electron chi connectivity index (χ2n) is 6.40. The van der Waals surface area contributed by atoms with Gasteiger partial charge in [0.25, 0.3) is 5.91 Å². The Morgan fingerprint density at radius 1 is 1.24 bits per heavy atom. The predicted octanol–water partition coefficient (Wildman–Crippen LogP) is 2.78. The highest BCUT2D eigenvalue weighted by Gasteiger charge is 2.33. The zero-order valence-electron chi connectivity index (χ0n) is 14.0. The van der Waals surface area contributed by atoms with Crippen molar-refractivity contribution in [3.05, 3.63) is 71.9 Å². The van der Waals surface area contributed by atoms with Crippen molar-refractivity contribution in [2.45, 2.75) is 32.4 Å². The first-order valence-electron chi connectivity index (χ1n) is 8.39. The van der Waals surface area contributed by atoms with Gasteiger partial charge in [-0.1, -0.05) is 29.8 Å². The number of hydrogen-bond acceptors (Lipinski definition) is 4. The lowest BCUT2D eigenvalue weighted by molar-refractivity contribution is 0.0722. The molecule has 0 radical (unpaired) electrons. The lowest BCUT2D eigenvalue weighted by Gasteiger charge is -2.22. The van der Waals surface area contributed by atoms with Crippen LogP contribution in [0.15, 0.2) is 55.1 Å². The Morgan fingerprint density at radius 2 is 2.12 bits per heavy atom. The third-order valence-corrected chi connectivity index (χ3v) is 4.32. The largest absolute Gasteiger partial charge is 0.330 e. The molecule has 0 bridgehead atoms. The van der Waals surface area contributed by atoms with E-state index in [4.69, 9.17) is 0 Å². The molecule has 1 saturated carbocycles. The van der Waals surface area contributed by atoms with Crippen LogP contribution in [-0.4, -0.2) is 36.6 Å². The molecule has 0 saturated heterocycles. The van der Waals surface area contributed by atoms with Gasteiger partial charge in [0.1, 0.15) is 6.33 Å². The summed E-state index contributed by atoms with van der Waals surface area (Å²) in [6, 6.07) is 12.1. The number of aromatic nitrogens is 4. The van der Waals surface area contributed by atoms with Gasteiger partial charge >= 0.3 is 0 Å². The van der Waals surface area contributed by atoms with Gasteiger partial charge in [-0.25, -0.2) is 4.98 Å². The van der Waals surface area contributed by atoms with Crippen LogP contribution in [0.5, 0.6) is 0 Å². The number of carbonyl (C=O) groups is 1. The molecular weight excluding hydrogens is 314 g/mol. The van der Waals surface area contributed by atoms with E-state index in [2.05, 4.69) is 40.3 Å². The van der Waals surface area contributed by atoms with Crippen molar-refractivity contribution in [1.82, 2.24) is 24.6 Å². The number of rotatable bonds is 5. The highest BCUT2D eigenvalue weighted by Crippen LogP contribution is 2.29. The van der Waals surface area contributed by atoms with Crippen LogP contribution in [0.25, 0.3) is 5.82 Å². The average Bonchev–Trinajstić information content (AvgIpc) is 3.32. The van der Waals surface area contributed by atoms with Crippen molar-refractivity contribution in [2.75, 3.05) is 0 Å². The Morgan fingerprint density at radius 3 is 2.76 bits per heavy atom. The molecule has 1 fully saturated rings. The summed E-state index contributed by atoms with van der Waals surface area (Å²) in [7, 11) is 0. The standard InChI is InChI=1S/C19H19N5O/c1-14-3-2-4-15(11-14)12-24(16-5-6-16)19(25)17-7-8-18(22-21-17)23-10-9-20-13-23/h2-4,7-11,13,16H,5-6,12H2,1H3. The topological polar surface area (TPSA) is 63.9 Å². The van der Waals surface area contributed by atoms with Crippen molar-refractivity contribution in [2.24, 2.45) is 0 Å². The highest BCUT2D eigenvalue weighted by atomic mass is 16.2. The molecule has 2 aromatic heterocycles. The Kier molecular flexibility index (Phi) is 4.01. The molecule has 1 aliphatic rings. The maximum atomic E-state index is 12.9. The smallest absolute Gasteiger partial charge is 0.274 e. The third-order valence-electron chi connectivity index (χ3n) is 4.32. The monoisotopic (exact) mass is 333 g/mol. The van der Waals surface area contributed by atoms with Gasteiger partial charge in [0, 0.05) is 25.0 Å². The minimum atomic E-state index is -0.0614. The molecule has 25 heavy (non-hydrogen) atoms. The fourth-order valence-electron chi connectivity index (χ4n) is 2.88. The number of hydrogen-bond donors (Lipinski definition) is 0. The van der Waals surface area contributed by atoms with E-state index in [9.17, 15) is 4.79 Å². The number of amides is 1. The average molecular weight is 333 g/mol. The summed E-state index contributed by atoms with van der Waals surface area (Å²) in [5, 5.41) is 8.29. The van der Waals surface area contributed by atoms with E-state index in [-0.39, 0.29) is 5.91 Å². The van der Waals surface area contributed by atoms with Crippen LogP contribution < -0.4 is 0 Å². The highest BCUT2D eigenvalue weighted by molar-refractivity contribution is 5.92. The molecule has 1 amide bonds. The zero-order chi connectivity index (χ0) is 17.2. The molecular formula is C19H19N5O. The summed E-state index contributed by atoms with van der Waals surface area (Å²) in [4.78, 5) is 18.8. The summed E-state index contributed by atoms with van der Waals surface area (Å²) >= 11 is 0. The SMILES string of the molecule is Cc1cccc(CN(C(=O)c2ccc(-n3ccnc3)nn2)C2CC2)c1. The van der Waals surface area contributed by atoms with Gasteiger partial charge in [-0.3, -0.25) is 9.36 Å². The van der Waals surface area contributed by atoms with Crippen molar-refractivity contribution in [1.29, 1.82) is 0 Å². The van der Waals surface area contributed by atoms with Crippen LogP contribution in [-0.2, 0) is 6.54 Å². The fourth-order valence-corrected chi connectivity index (χ4v) is 2.88. The van der Waals surface area contributed by atoms with Crippen LogP contribution in [0, 0.1) is 6.92 Å². The fraction of sp³-hybridized carbons (Fsp3) is 0.263. The number of imidazole rings is 1. The van der Waals surface area contributed by atoms with Crippen LogP contribution in [0.4, 0.5) is 0 Å². The van der Waals surface area contributed by atoms with E-state index in [1.54, 1.807) is 35.4 Å². The Balaban J connectivity index is 1.54. The van der Waals surface area contributed by atoms with Crippen LogP contribution >= 0.6 is 0 Å².